The minimum atomic E-state index is -0.498. The Kier molecular flexibility index (Phi) is 5.62. The first-order valence-electron chi connectivity index (χ1n) is 7.94. The maximum atomic E-state index is 10.6. The lowest BCUT2D eigenvalue weighted by atomic mass is 10.3. The molecule has 0 amide bonds. The Hall–Kier alpha value is -2.45. The lowest BCUT2D eigenvalue weighted by Gasteiger charge is -2.34. The number of ether oxygens (including phenoxy) is 1. The molecule has 9 heteroatoms. The standard InChI is InChI=1S/C16H18ClN5O3/c17-13-1-3-15(4-2-13)25-10-9-20-5-7-21(8-6-20)16-18-11-14(12-19-16)22(23)24/h1-4,11-12H,5-10H2. The molecule has 1 fully saturated rings. The largest absolute Gasteiger partial charge is 0.492 e. The first-order valence-corrected chi connectivity index (χ1v) is 8.32. The van der Waals surface area contributed by atoms with Crippen LogP contribution in [0.4, 0.5) is 11.6 Å². The molecular formula is C16H18ClN5O3. The van der Waals surface area contributed by atoms with Crippen molar-refractivity contribution in [2.75, 3.05) is 44.2 Å². The molecule has 0 bridgehead atoms. The third-order valence-corrected chi connectivity index (χ3v) is 4.23. The minimum absolute atomic E-state index is 0.0956. The first kappa shape index (κ1) is 17.4. The maximum Gasteiger partial charge on any atom is 0.305 e. The van der Waals surface area contributed by atoms with Crippen molar-refractivity contribution in [2.24, 2.45) is 0 Å². The van der Waals surface area contributed by atoms with Gasteiger partial charge in [-0.3, -0.25) is 15.0 Å². The third kappa shape index (κ3) is 4.77. The van der Waals surface area contributed by atoms with Crippen LogP contribution in [0, 0.1) is 10.1 Å². The van der Waals surface area contributed by atoms with Crippen LogP contribution in [0.2, 0.25) is 5.02 Å². The topological polar surface area (TPSA) is 84.6 Å². The highest BCUT2D eigenvalue weighted by molar-refractivity contribution is 6.30. The van der Waals surface area contributed by atoms with E-state index in [0.717, 1.165) is 38.5 Å². The van der Waals surface area contributed by atoms with E-state index in [9.17, 15) is 10.1 Å². The number of anilines is 1. The molecule has 25 heavy (non-hydrogen) atoms. The molecule has 0 N–H and O–H groups in total. The number of benzene rings is 1. The second kappa shape index (κ2) is 8.09. The van der Waals surface area contributed by atoms with Crippen molar-refractivity contribution in [2.45, 2.75) is 0 Å². The quantitative estimate of drug-likeness (QED) is 0.574. The van der Waals surface area contributed by atoms with Gasteiger partial charge >= 0.3 is 5.69 Å². The van der Waals surface area contributed by atoms with Gasteiger partial charge in [-0.05, 0) is 24.3 Å². The summed E-state index contributed by atoms with van der Waals surface area (Å²) in [6.45, 7) is 4.72. The molecular weight excluding hydrogens is 346 g/mol. The summed E-state index contributed by atoms with van der Waals surface area (Å²) in [5.41, 5.74) is -0.0956. The maximum absolute atomic E-state index is 10.6. The number of hydrogen-bond acceptors (Lipinski definition) is 7. The molecule has 0 unspecified atom stereocenters. The molecule has 3 rings (SSSR count). The van der Waals surface area contributed by atoms with Gasteiger partial charge in [-0.15, -0.1) is 0 Å². The molecule has 0 atom stereocenters. The summed E-state index contributed by atoms with van der Waals surface area (Å²) in [7, 11) is 0. The molecule has 1 aliphatic heterocycles. The van der Waals surface area contributed by atoms with Crippen molar-refractivity contribution in [3.8, 4) is 5.75 Å². The van der Waals surface area contributed by atoms with E-state index in [0.29, 0.717) is 17.6 Å². The number of aromatic nitrogens is 2. The van der Waals surface area contributed by atoms with E-state index in [-0.39, 0.29) is 5.69 Å². The van der Waals surface area contributed by atoms with Gasteiger partial charge < -0.3 is 9.64 Å². The summed E-state index contributed by atoms with van der Waals surface area (Å²) >= 11 is 5.84. The minimum Gasteiger partial charge on any atom is -0.492 e. The highest BCUT2D eigenvalue weighted by Crippen LogP contribution is 2.16. The number of hydrogen-bond donors (Lipinski definition) is 0. The number of nitro groups is 1. The predicted molar refractivity (Wildman–Crippen MR) is 94.3 cm³/mol. The van der Waals surface area contributed by atoms with Crippen LogP contribution < -0.4 is 9.64 Å². The van der Waals surface area contributed by atoms with Crippen LogP contribution in [0.25, 0.3) is 0 Å². The van der Waals surface area contributed by atoms with Crippen LogP contribution in [-0.4, -0.2) is 59.1 Å². The Morgan fingerprint density at radius 3 is 2.36 bits per heavy atom. The van der Waals surface area contributed by atoms with Gasteiger partial charge in [-0.1, -0.05) is 11.6 Å². The molecule has 1 saturated heterocycles. The predicted octanol–water partition coefficient (Wildman–Crippen LogP) is 2.24. The fraction of sp³-hybridized carbons (Fsp3) is 0.375. The SMILES string of the molecule is O=[N+]([O-])c1cnc(N2CCN(CCOc3ccc(Cl)cc3)CC2)nc1. The van der Waals surface area contributed by atoms with Crippen molar-refractivity contribution < 1.29 is 9.66 Å². The fourth-order valence-corrected chi connectivity index (χ4v) is 2.69. The number of rotatable bonds is 6. The average Bonchev–Trinajstić information content (AvgIpc) is 2.64. The van der Waals surface area contributed by atoms with Gasteiger partial charge in [0.25, 0.3) is 0 Å². The molecule has 2 aromatic rings. The molecule has 132 valence electrons. The average molecular weight is 364 g/mol. The summed E-state index contributed by atoms with van der Waals surface area (Å²) in [5, 5.41) is 11.3. The van der Waals surface area contributed by atoms with Gasteiger partial charge in [0.15, 0.2) is 0 Å². The van der Waals surface area contributed by atoms with Crippen LogP contribution in [0.15, 0.2) is 36.7 Å². The normalized spacial score (nSPS) is 15.2. The van der Waals surface area contributed by atoms with Crippen LogP contribution in [0.3, 0.4) is 0 Å². The van der Waals surface area contributed by atoms with E-state index < -0.39 is 4.92 Å². The van der Waals surface area contributed by atoms with Crippen LogP contribution >= 0.6 is 11.6 Å². The zero-order valence-electron chi connectivity index (χ0n) is 13.5. The molecule has 1 aromatic carbocycles. The Morgan fingerprint density at radius 2 is 1.76 bits per heavy atom. The summed E-state index contributed by atoms with van der Waals surface area (Å²) in [6, 6.07) is 7.32. The van der Waals surface area contributed by atoms with E-state index in [4.69, 9.17) is 16.3 Å². The van der Waals surface area contributed by atoms with Crippen molar-refractivity contribution >= 4 is 23.2 Å². The highest BCUT2D eigenvalue weighted by Gasteiger charge is 2.19. The zero-order chi connectivity index (χ0) is 17.6. The summed E-state index contributed by atoms with van der Waals surface area (Å²) < 4.78 is 5.71. The van der Waals surface area contributed by atoms with Gasteiger partial charge in [0.1, 0.15) is 24.8 Å². The summed E-state index contributed by atoms with van der Waals surface area (Å²) in [4.78, 5) is 22.6. The second-order valence-electron chi connectivity index (χ2n) is 5.63. The smallest absolute Gasteiger partial charge is 0.305 e. The van der Waals surface area contributed by atoms with Gasteiger partial charge in [-0.25, -0.2) is 9.97 Å². The van der Waals surface area contributed by atoms with E-state index >= 15 is 0 Å². The van der Waals surface area contributed by atoms with E-state index in [1.165, 1.54) is 12.4 Å². The summed E-state index contributed by atoms with van der Waals surface area (Å²) in [5.74, 6) is 1.34. The molecule has 0 saturated carbocycles. The van der Waals surface area contributed by atoms with E-state index in [2.05, 4.69) is 14.9 Å². The fourth-order valence-electron chi connectivity index (χ4n) is 2.57. The first-order chi connectivity index (χ1) is 12.1. The lowest BCUT2D eigenvalue weighted by molar-refractivity contribution is -0.385. The van der Waals surface area contributed by atoms with Crippen LogP contribution in [0.5, 0.6) is 5.75 Å². The van der Waals surface area contributed by atoms with Crippen molar-refractivity contribution in [3.63, 3.8) is 0 Å². The Balaban J connectivity index is 1.42. The third-order valence-electron chi connectivity index (χ3n) is 3.98. The Labute approximate surface area is 150 Å². The number of nitrogens with zero attached hydrogens (tertiary/aromatic N) is 5. The Bertz CT molecular complexity index is 703. The van der Waals surface area contributed by atoms with Crippen LogP contribution in [-0.2, 0) is 0 Å². The van der Waals surface area contributed by atoms with Gasteiger partial charge in [0.2, 0.25) is 5.95 Å². The Morgan fingerprint density at radius 1 is 1.12 bits per heavy atom. The molecule has 1 aromatic heterocycles. The molecule has 8 nitrogen and oxygen atoms in total. The van der Waals surface area contributed by atoms with Gasteiger partial charge in [0, 0.05) is 37.7 Å². The summed E-state index contributed by atoms with van der Waals surface area (Å²) in [6.07, 6.45) is 2.49. The lowest BCUT2D eigenvalue weighted by Crippen LogP contribution is -2.48. The van der Waals surface area contributed by atoms with Crippen molar-refractivity contribution in [1.29, 1.82) is 0 Å². The second-order valence-corrected chi connectivity index (χ2v) is 6.07. The molecule has 0 aliphatic carbocycles. The van der Waals surface area contributed by atoms with Crippen molar-refractivity contribution in [1.82, 2.24) is 14.9 Å². The van der Waals surface area contributed by atoms with E-state index in [1.54, 1.807) is 12.1 Å². The van der Waals surface area contributed by atoms with Crippen molar-refractivity contribution in [3.05, 3.63) is 51.8 Å². The van der Waals surface area contributed by atoms with Crippen LogP contribution in [0.1, 0.15) is 0 Å². The number of halogens is 1. The monoisotopic (exact) mass is 363 g/mol. The highest BCUT2D eigenvalue weighted by atomic mass is 35.5. The van der Waals surface area contributed by atoms with Gasteiger partial charge in [-0.2, -0.15) is 0 Å². The molecule has 0 radical (unpaired) electrons. The molecule has 0 spiro atoms. The van der Waals surface area contributed by atoms with E-state index in [1.807, 2.05) is 17.0 Å². The number of piperazine rings is 1. The molecule has 1 aliphatic rings. The van der Waals surface area contributed by atoms with Gasteiger partial charge in [0.05, 0.1) is 4.92 Å². The molecule has 2 heterocycles. The zero-order valence-corrected chi connectivity index (χ0v) is 14.3.